The van der Waals surface area contributed by atoms with Gasteiger partial charge in [-0.25, -0.2) is 0 Å². The van der Waals surface area contributed by atoms with Crippen molar-refractivity contribution < 1.29 is 28.6 Å². The highest BCUT2D eigenvalue weighted by Gasteiger charge is 2.19. The van der Waals surface area contributed by atoms with E-state index in [1.807, 2.05) is 0 Å². The summed E-state index contributed by atoms with van der Waals surface area (Å²) in [5, 5.41) is 0. The van der Waals surface area contributed by atoms with Crippen LogP contribution in [0.4, 0.5) is 0 Å². The van der Waals surface area contributed by atoms with Crippen LogP contribution in [0.3, 0.4) is 0 Å². The van der Waals surface area contributed by atoms with Crippen LogP contribution in [0.2, 0.25) is 0 Å². The summed E-state index contributed by atoms with van der Waals surface area (Å²) in [6.07, 6.45) is 70.4. The van der Waals surface area contributed by atoms with Crippen LogP contribution in [0.15, 0.2) is 72.9 Å². The maximum atomic E-state index is 12.9. The first kappa shape index (κ1) is 63.8. The van der Waals surface area contributed by atoms with E-state index in [2.05, 4.69) is 93.7 Å². The SMILES string of the molecule is CC/C=C\C/C=C\C/C=C\C/C=C\C/C=C\CCCC(=O)OC[C@H](COC(=O)CCCCCCCCC/C=C\CCCCCC)OC(=O)CCCCCCCCCCCCCCCCCCC. The van der Waals surface area contributed by atoms with E-state index in [0.29, 0.717) is 19.3 Å². The lowest BCUT2D eigenvalue weighted by molar-refractivity contribution is -0.167. The first-order valence-electron chi connectivity index (χ1n) is 28.4. The van der Waals surface area contributed by atoms with Crippen LogP contribution in [0.5, 0.6) is 0 Å². The molecule has 1 atom stereocenters. The molecule has 6 nitrogen and oxygen atoms in total. The second-order valence-electron chi connectivity index (χ2n) is 18.8. The Morgan fingerprint density at radius 1 is 0.313 bits per heavy atom. The summed E-state index contributed by atoms with van der Waals surface area (Å²) >= 11 is 0. The molecule has 0 fully saturated rings. The third-order valence-electron chi connectivity index (χ3n) is 12.2. The summed E-state index contributed by atoms with van der Waals surface area (Å²) in [6.45, 7) is 6.49. The number of carbonyl (C=O) groups is 3. The Kier molecular flexibility index (Phi) is 52.8. The van der Waals surface area contributed by atoms with Crippen LogP contribution in [-0.4, -0.2) is 37.2 Å². The maximum absolute atomic E-state index is 12.9. The van der Waals surface area contributed by atoms with Crippen molar-refractivity contribution in [1.82, 2.24) is 0 Å². The average Bonchev–Trinajstić information content (AvgIpc) is 3.33. The standard InChI is InChI=1S/C61H106O6/c1-4-7-10-13-16-19-22-25-28-30-33-36-39-42-45-48-51-54-60(63)66-57-58(56-65-59(62)53-50-47-44-41-38-35-32-27-24-21-18-15-12-9-6-3)67-61(64)55-52-49-46-43-40-37-34-31-29-26-23-20-17-14-11-8-5-2/h7,10,16,19,21,24-25,28,33,36,42,45,58H,4-6,8-9,11-15,17-18,20,22-23,26-27,29-32,34-35,37-41,43-44,46-57H2,1-3H3/b10-7-,19-16-,24-21-,28-25-,36-33-,45-42-/t58-/m0/s1. The molecular formula is C61H106O6. The van der Waals surface area contributed by atoms with Gasteiger partial charge in [0, 0.05) is 19.3 Å². The van der Waals surface area contributed by atoms with Gasteiger partial charge < -0.3 is 14.2 Å². The number of allylic oxidation sites excluding steroid dienone is 12. The minimum absolute atomic E-state index is 0.0931. The minimum atomic E-state index is -0.798. The quantitative estimate of drug-likeness (QED) is 0.0262. The molecule has 0 N–H and O–H groups in total. The highest BCUT2D eigenvalue weighted by atomic mass is 16.6. The Morgan fingerprint density at radius 3 is 1.00 bits per heavy atom. The zero-order valence-electron chi connectivity index (χ0n) is 44.2. The van der Waals surface area contributed by atoms with Gasteiger partial charge in [-0.15, -0.1) is 0 Å². The Hall–Kier alpha value is -3.15. The fraction of sp³-hybridized carbons (Fsp3) is 0.754. The normalized spacial score (nSPS) is 12.6. The summed E-state index contributed by atoms with van der Waals surface area (Å²) in [4.78, 5) is 38.1. The van der Waals surface area contributed by atoms with Gasteiger partial charge >= 0.3 is 17.9 Å². The molecule has 0 heterocycles. The molecule has 0 spiro atoms. The molecule has 67 heavy (non-hydrogen) atoms. The zero-order chi connectivity index (χ0) is 48.6. The molecule has 0 aliphatic heterocycles. The number of ether oxygens (including phenoxy) is 3. The molecule has 0 aromatic carbocycles. The van der Waals surface area contributed by atoms with Gasteiger partial charge in [0.1, 0.15) is 13.2 Å². The summed E-state index contributed by atoms with van der Waals surface area (Å²) in [6, 6.07) is 0. The van der Waals surface area contributed by atoms with E-state index in [4.69, 9.17) is 14.2 Å². The van der Waals surface area contributed by atoms with E-state index >= 15 is 0 Å². The number of esters is 3. The van der Waals surface area contributed by atoms with E-state index in [1.54, 1.807) is 0 Å². The van der Waals surface area contributed by atoms with Gasteiger partial charge in [0.25, 0.3) is 0 Å². The van der Waals surface area contributed by atoms with Crippen molar-refractivity contribution in [2.75, 3.05) is 13.2 Å². The molecular weight excluding hydrogens is 829 g/mol. The zero-order valence-corrected chi connectivity index (χ0v) is 44.2. The summed E-state index contributed by atoms with van der Waals surface area (Å²) in [5.41, 5.74) is 0. The van der Waals surface area contributed by atoms with Gasteiger partial charge in [0.2, 0.25) is 0 Å². The van der Waals surface area contributed by atoms with Crippen molar-refractivity contribution in [3.05, 3.63) is 72.9 Å². The van der Waals surface area contributed by atoms with Gasteiger partial charge in [0.15, 0.2) is 6.10 Å². The summed E-state index contributed by atoms with van der Waals surface area (Å²) < 4.78 is 16.8. The maximum Gasteiger partial charge on any atom is 0.306 e. The molecule has 386 valence electrons. The second-order valence-corrected chi connectivity index (χ2v) is 18.8. The Balaban J connectivity index is 4.45. The van der Waals surface area contributed by atoms with Crippen LogP contribution >= 0.6 is 0 Å². The van der Waals surface area contributed by atoms with Crippen molar-refractivity contribution in [3.63, 3.8) is 0 Å². The smallest absolute Gasteiger partial charge is 0.306 e. The number of hydrogen-bond donors (Lipinski definition) is 0. The second kappa shape index (κ2) is 55.4. The van der Waals surface area contributed by atoms with Gasteiger partial charge in [-0.2, -0.15) is 0 Å². The first-order valence-corrected chi connectivity index (χ1v) is 28.4. The van der Waals surface area contributed by atoms with Crippen LogP contribution < -0.4 is 0 Å². The van der Waals surface area contributed by atoms with Gasteiger partial charge in [-0.1, -0.05) is 248 Å². The van der Waals surface area contributed by atoms with E-state index < -0.39 is 6.10 Å². The molecule has 0 aliphatic carbocycles. The molecule has 0 radical (unpaired) electrons. The Bertz CT molecular complexity index is 1260. The number of hydrogen-bond acceptors (Lipinski definition) is 6. The van der Waals surface area contributed by atoms with Gasteiger partial charge in [-0.05, 0) is 83.5 Å². The molecule has 0 rings (SSSR count). The van der Waals surface area contributed by atoms with Crippen molar-refractivity contribution in [2.45, 2.75) is 284 Å². The fourth-order valence-electron chi connectivity index (χ4n) is 7.94. The lowest BCUT2D eigenvalue weighted by Gasteiger charge is -2.18. The lowest BCUT2D eigenvalue weighted by atomic mass is 10.0. The minimum Gasteiger partial charge on any atom is -0.462 e. The predicted octanol–water partition coefficient (Wildman–Crippen LogP) is 19.0. The topological polar surface area (TPSA) is 78.9 Å². The molecule has 0 unspecified atom stereocenters. The van der Waals surface area contributed by atoms with E-state index in [1.165, 1.54) is 154 Å². The van der Waals surface area contributed by atoms with E-state index in [9.17, 15) is 14.4 Å². The summed E-state index contributed by atoms with van der Waals surface area (Å²) in [7, 11) is 0. The summed E-state index contributed by atoms with van der Waals surface area (Å²) in [5.74, 6) is -0.948. The molecule has 0 aromatic rings. The van der Waals surface area contributed by atoms with Crippen LogP contribution in [-0.2, 0) is 28.6 Å². The molecule has 0 saturated carbocycles. The van der Waals surface area contributed by atoms with Crippen LogP contribution in [0.25, 0.3) is 0 Å². The largest absolute Gasteiger partial charge is 0.462 e. The van der Waals surface area contributed by atoms with Crippen molar-refractivity contribution in [1.29, 1.82) is 0 Å². The molecule has 0 saturated heterocycles. The van der Waals surface area contributed by atoms with Crippen molar-refractivity contribution in [2.24, 2.45) is 0 Å². The molecule has 0 bridgehead atoms. The predicted molar refractivity (Wildman–Crippen MR) is 288 cm³/mol. The molecule has 6 heteroatoms. The van der Waals surface area contributed by atoms with E-state index in [-0.39, 0.29) is 37.5 Å². The molecule has 0 aliphatic rings. The highest BCUT2D eigenvalue weighted by Crippen LogP contribution is 2.16. The Labute approximate surface area is 414 Å². The fourth-order valence-corrected chi connectivity index (χ4v) is 7.94. The Morgan fingerprint density at radius 2 is 0.597 bits per heavy atom. The molecule has 0 aromatic heterocycles. The first-order chi connectivity index (χ1) is 33.0. The van der Waals surface area contributed by atoms with Crippen molar-refractivity contribution in [3.8, 4) is 0 Å². The number of unbranched alkanes of at least 4 members (excludes halogenated alkanes) is 28. The average molecular weight is 936 g/mol. The van der Waals surface area contributed by atoms with Crippen molar-refractivity contribution >= 4 is 17.9 Å². The van der Waals surface area contributed by atoms with Crippen LogP contribution in [0.1, 0.15) is 278 Å². The highest BCUT2D eigenvalue weighted by molar-refractivity contribution is 5.71. The third-order valence-corrected chi connectivity index (χ3v) is 12.2. The van der Waals surface area contributed by atoms with E-state index in [0.717, 1.165) is 77.0 Å². The number of rotatable bonds is 51. The monoisotopic (exact) mass is 935 g/mol. The molecule has 0 amide bonds. The lowest BCUT2D eigenvalue weighted by Crippen LogP contribution is -2.30. The van der Waals surface area contributed by atoms with Gasteiger partial charge in [-0.3, -0.25) is 14.4 Å². The van der Waals surface area contributed by atoms with Crippen LogP contribution in [0, 0.1) is 0 Å². The third kappa shape index (κ3) is 53.7. The van der Waals surface area contributed by atoms with Gasteiger partial charge in [0.05, 0.1) is 0 Å². The number of carbonyl (C=O) groups excluding carboxylic acids is 3.